The van der Waals surface area contributed by atoms with E-state index in [-0.39, 0.29) is 0 Å². The Kier molecular flexibility index (Phi) is 39.2. The van der Waals surface area contributed by atoms with Crippen molar-refractivity contribution in [1.82, 2.24) is 0 Å². The predicted octanol–water partition coefficient (Wildman–Crippen LogP) is 14.9. The highest BCUT2D eigenvalue weighted by Gasteiger charge is 2.09. The molecule has 0 aliphatic rings. The van der Waals surface area contributed by atoms with E-state index in [0.29, 0.717) is 12.8 Å². The molecular formula is C42H82O4. The maximum Gasteiger partial charge on any atom is 0.355 e. The summed E-state index contributed by atoms with van der Waals surface area (Å²) >= 11 is 0. The average molecular weight is 651 g/mol. The van der Waals surface area contributed by atoms with Crippen LogP contribution in [0.15, 0.2) is 0 Å². The van der Waals surface area contributed by atoms with E-state index in [2.05, 4.69) is 13.8 Å². The number of hydrogen-bond donors (Lipinski definition) is 0. The molecule has 4 heteroatoms. The van der Waals surface area contributed by atoms with Crippen molar-refractivity contribution in [3.8, 4) is 0 Å². The number of carbonyl (C=O) groups is 2. The molecule has 0 amide bonds. The van der Waals surface area contributed by atoms with Gasteiger partial charge < -0.3 is 0 Å². The van der Waals surface area contributed by atoms with Crippen molar-refractivity contribution < 1.29 is 19.4 Å². The van der Waals surface area contributed by atoms with Crippen LogP contribution in [0.25, 0.3) is 0 Å². The highest BCUT2D eigenvalue weighted by atomic mass is 17.2. The molecule has 0 aliphatic heterocycles. The maximum atomic E-state index is 11.9. The van der Waals surface area contributed by atoms with Gasteiger partial charge in [0.25, 0.3) is 0 Å². The van der Waals surface area contributed by atoms with E-state index in [1.54, 1.807) is 0 Å². The molecule has 0 aromatic carbocycles. The van der Waals surface area contributed by atoms with E-state index in [9.17, 15) is 9.59 Å². The molecule has 0 N–H and O–H groups in total. The topological polar surface area (TPSA) is 52.6 Å². The number of carbonyl (C=O) groups excluding carboxylic acids is 2. The fourth-order valence-corrected chi connectivity index (χ4v) is 6.52. The molecule has 0 bridgehead atoms. The largest absolute Gasteiger partial charge is 0.355 e. The van der Waals surface area contributed by atoms with Crippen LogP contribution in [-0.4, -0.2) is 11.9 Å². The SMILES string of the molecule is CCCCCCCCCCCCCCCCCCCCC(=O)OOC(=O)CCCCCCCCCCCCCCCCCCCC. The van der Waals surface area contributed by atoms with Gasteiger partial charge in [0, 0.05) is 0 Å². The van der Waals surface area contributed by atoms with E-state index in [0.717, 1.165) is 25.7 Å². The lowest BCUT2D eigenvalue weighted by Crippen LogP contribution is -2.11. The summed E-state index contributed by atoms with van der Waals surface area (Å²) in [6, 6.07) is 0. The number of rotatable bonds is 38. The van der Waals surface area contributed by atoms with Crippen LogP contribution in [0.2, 0.25) is 0 Å². The van der Waals surface area contributed by atoms with Crippen LogP contribution in [0.5, 0.6) is 0 Å². The minimum Gasteiger partial charge on any atom is -0.247 e. The Hall–Kier alpha value is -1.06. The molecule has 0 aliphatic carbocycles. The first-order chi connectivity index (χ1) is 22.7. The van der Waals surface area contributed by atoms with Crippen molar-refractivity contribution in [1.29, 1.82) is 0 Å². The third kappa shape index (κ3) is 39.1. The summed E-state index contributed by atoms with van der Waals surface area (Å²) in [6.07, 6.45) is 48.4. The van der Waals surface area contributed by atoms with E-state index >= 15 is 0 Å². The van der Waals surface area contributed by atoms with Crippen molar-refractivity contribution in [3.05, 3.63) is 0 Å². The first-order valence-corrected chi connectivity index (χ1v) is 21.1. The van der Waals surface area contributed by atoms with Crippen molar-refractivity contribution in [2.45, 2.75) is 258 Å². The molecule has 0 atom stereocenters. The second-order valence-electron chi connectivity index (χ2n) is 14.4. The van der Waals surface area contributed by atoms with E-state index in [1.165, 1.54) is 205 Å². The van der Waals surface area contributed by atoms with Crippen LogP contribution in [0.1, 0.15) is 258 Å². The smallest absolute Gasteiger partial charge is 0.247 e. The molecule has 0 aromatic heterocycles. The third-order valence-corrected chi connectivity index (χ3v) is 9.70. The summed E-state index contributed by atoms with van der Waals surface area (Å²) in [4.78, 5) is 33.2. The molecule has 0 aromatic rings. The minimum atomic E-state index is -0.414. The van der Waals surface area contributed by atoms with Gasteiger partial charge in [0.1, 0.15) is 0 Å². The van der Waals surface area contributed by atoms with Crippen LogP contribution in [-0.2, 0) is 19.4 Å². The summed E-state index contributed by atoms with van der Waals surface area (Å²) in [5.41, 5.74) is 0. The van der Waals surface area contributed by atoms with Gasteiger partial charge in [-0.15, -0.1) is 0 Å². The molecular weight excluding hydrogens is 568 g/mol. The van der Waals surface area contributed by atoms with Gasteiger partial charge in [0.15, 0.2) is 0 Å². The van der Waals surface area contributed by atoms with Gasteiger partial charge in [-0.2, -0.15) is 0 Å². The zero-order valence-corrected chi connectivity index (χ0v) is 31.5. The molecule has 0 rings (SSSR count). The second-order valence-corrected chi connectivity index (χ2v) is 14.4. The summed E-state index contributed by atoms with van der Waals surface area (Å²) in [6.45, 7) is 4.57. The van der Waals surface area contributed by atoms with Crippen LogP contribution in [0.3, 0.4) is 0 Å². The van der Waals surface area contributed by atoms with Gasteiger partial charge >= 0.3 is 11.9 Å². The van der Waals surface area contributed by atoms with Crippen molar-refractivity contribution in [2.75, 3.05) is 0 Å². The Balaban J connectivity index is 3.25. The first-order valence-electron chi connectivity index (χ1n) is 21.1. The molecule has 0 spiro atoms. The normalized spacial score (nSPS) is 11.3. The lowest BCUT2D eigenvalue weighted by atomic mass is 10.0. The molecule has 0 heterocycles. The summed E-state index contributed by atoms with van der Waals surface area (Å²) in [7, 11) is 0. The van der Waals surface area contributed by atoms with Gasteiger partial charge in [-0.25, -0.2) is 19.4 Å². The van der Waals surface area contributed by atoms with Gasteiger partial charge in [-0.1, -0.05) is 232 Å². The third-order valence-electron chi connectivity index (χ3n) is 9.70. The van der Waals surface area contributed by atoms with Crippen molar-refractivity contribution >= 4 is 11.9 Å². The highest BCUT2D eigenvalue weighted by molar-refractivity contribution is 5.72. The fraction of sp³-hybridized carbons (Fsp3) is 0.952. The minimum absolute atomic E-state index is 0.339. The Morgan fingerprint density at radius 1 is 0.261 bits per heavy atom. The van der Waals surface area contributed by atoms with E-state index in [1.807, 2.05) is 0 Å². The van der Waals surface area contributed by atoms with E-state index < -0.39 is 11.9 Å². The van der Waals surface area contributed by atoms with Gasteiger partial charge in [0.05, 0.1) is 12.8 Å². The lowest BCUT2D eigenvalue weighted by molar-refractivity contribution is -0.259. The Labute approximate surface area is 288 Å². The van der Waals surface area contributed by atoms with Crippen molar-refractivity contribution in [3.63, 3.8) is 0 Å². The van der Waals surface area contributed by atoms with Gasteiger partial charge in [-0.3, -0.25) is 0 Å². The number of hydrogen-bond acceptors (Lipinski definition) is 4. The molecule has 274 valence electrons. The molecule has 0 fully saturated rings. The first kappa shape index (κ1) is 44.9. The van der Waals surface area contributed by atoms with Crippen LogP contribution in [0, 0.1) is 0 Å². The Morgan fingerprint density at radius 3 is 0.587 bits per heavy atom. The molecule has 0 saturated heterocycles. The predicted molar refractivity (Wildman–Crippen MR) is 199 cm³/mol. The molecule has 0 unspecified atom stereocenters. The Bertz CT molecular complexity index is 552. The monoisotopic (exact) mass is 651 g/mol. The standard InChI is InChI=1S/C42H82O4/c1-3-5-7-9-11-13-15-17-19-21-23-25-27-29-31-33-35-37-39-41(43)45-46-42(44)40-38-36-34-32-30-28-26-24-22-20-18-16-14-12-10-8-6-4-2/h3-40H2,1-2H3. The second kappa shape index (κ2) is 40.1. The Morgan fingerprint density at radius 2 is 0.413 bits per heavy atom. The zero-order chi connectivity index (χ0) is 33.4. The lowest BCUT2D eigenvalue weighted by Gasteiger charge is -2.05. The fourth-order valence-electron chi connectivity index (χ4n) is 6.52. The van der Waals surface area contributed by atoms with Crippen LogP contribution < -0.4 is 0 Å². The summed E-state index contributed by atoms with van der Waals surface area (Å²) in [5.74, 6) is -0.828. The maximum absolute atomic E-state index is 11.9. The van der Waals surface area contributed by atoms with Gasteiger partial charge in [-0.05, 0) is 12.8 Å². The molecule has 0 radical (unpaired) electrons. The van der Waals surface area contributed by atoms with Crippen LogP contribution in [0.4, 0.5) is 0 Å². The highest BCUT2D eigenvalue weighted by Crippen LogP contribution is 2.16. The van der Waals surface area contributed by atoms with Crippen molar-refractivity contribution in [2.24, 2.45) is 0 Å². The van der Waals surface area contributed by atoms with Crippen LogP contribution >= 0.6 is 0 Å². The quantitative estimate of drug-likeness (QED) is 0.0379. The molecule has 46 heavy (non-hydrogen) atoms. The summed E-state index contributed by atoms with van der Waals surface area (Å²) in [5, 5.41) is 0. The number of unbranched alkanes of at least 4 members (excludes halogenated alkanes) is 34. The van der Waals surface area contributed by atoms with Gasteiger partial charge in [0.2, 0.25) is 0 Å². The molecule has 4 nitrogen and oxygen atoms in total. The average Bonchev–Trinajstić information content (AvgIpc) is 3.06. The van der Waals surface area contributed by atoms with E-state index in [4.69, 9.17) is 9.78 Å². The summed E-state index contributed by atoms with van der Waals surface area (Å²) < 4.78 is 0. The molecule has 0 saturated carbocycles. The zero-order valence-electron chi connectivity index (χ0n) is 31.5.